The van der Waals surface area contributed by atoms with Crippen LogP contribution in [0.2, 0.25) is 0 Å². The van der Waals surface area contributed by atoms with Crippen molar-refractivity contribution in [2.75, 3.05) is 26.2 Å². The Balaban J connectivity index is 1.34. The zero-order valence-electron chi connectivity index (χ0n) is 16.0. The van der Waals surface area contributed by atoms with Crippen molar-refractivity contribution < 1.29 is 14.0 Å². The topological polar surface area (TPSA) is 69.9 Å². The highest BCUT2D eigenvalue weighted by Gasteiger charge is 2.42. The lowest BCUT2D eigenvalue weighted by atomic mass is 10.0. The molecule has 5 rings (SSSR count). The minimum absolute atomic E-state index is 0.00899. The molecule has 7 heteroatoms. The normalized spacial score (nSPS) is 20.3. The lowest BCUT2D eigenvalue weighted by Gasteiger charge is -2.46. The van der Waals surface area contributed by atoms with Crippen LogP contribution in [0.1, 0.15) is 11.3 Å². The molecule has 1 unspecified atom stereocenters. The molecule has 1 aromatic carbocycles. The van der Waals surface area contributed by atoms with Gasteiger partial charge in [-0.05, 0) is 29.8 Å². The quantitative estimate of drug-likeness (QED) is 0.680. The summed E-state index contributed by atoms with van der Waals surface area (Å²) in [6.07, 6.45) is 3.38. The van der Waals surface area contributed by atoms with Crippen molar-refractivity contribution in [3.63, 3.8) is 0 Å². The van der Waals surface area contributed by atoms with Gasteiger partial charge in [0.05, 0.1) is 18.3 Å². The Kier molecular flexibility index (Phi) is 4.52. The van der Waals surface area contributed by atoms with Gasteiger partial charge in [-0.25, -0.2) is 0 Å². The van der Waals surface area contributed by atoms with E-state index in [-0.39, 0.29) is 18.4 Å². The average Bonchev–Trinajstić information content (AvgIpc) is 3.25. The van der Waals surface area contributed by atoms with Crippen LogP contribution in [-0.4, -0.2) is 63.7 Å². The van der Waals surface area contributed by atoms with E-state index in [1.165, 1.54) is 5.56 Å². The molecule has 7 nitrogen and oxygen atoms in total. The van der Waals surface area contributed by atoms with Gasteiger partial charge in [0.25, 0.3) is 0 Å². The third-order valence-electron chi connectivity index (χ3n) is 5.76. The fourth-order valence-electron chi connectivity index (χ4n) is 4.31. The van der Waals surface area contributed by atoms with Crippen molar-refractivity contribution in [1.29, 1.82) is 0 Å². The lowest BCUT2D eigenvalue weighted by molar-refractivity contribution is -0.160. The van der Waals surface area contributed by atoms with E-state index in [4.69, 9.17) is 4.42 Å². The van der Waals surface area contributed by atoms with Crippen LogP contribution < -0.4 is 0 Å². The van der Waals surface area contributed by atoms with Gasteiger partial charge in [-0.1, -0.05) is 18.2 Å². The molecular weight excluding hydrogens is 368 g/mol. The van der Waals surface area contributed by atoms with Gasteiger partial charge < -0.3 is 14.2 Å². The maximum Gasteiger partial charge on any atom is 0.247 e. The third-order valence-corrected chi connectivity index (χ3v) is 5.76. The number of piperazine rings is 2. The molecule has 2 aliphatic heterocycles. The number of rotatable bonds is 4. The fourth-order valence-corrected chi connectivity index (χ4v) is 4.31. The summed E-state index contributed by atoms with van der Waals surface area (Å²) in [7, 11) is 0. The standard InChI is InChI=1S/C22H22N4O3/c27-21-15-25(13-17-5-3-11-29-17)22(28)20-14-24(9-10-26(20)21)12-16-4-1-7-19-18(16)6-2-8-23-19/h1-8,11,20H,9-10,12-15H2. The Morgan fingerprint density at radius 1 is 1.03 bits per heavy atom. The molecule has 0 aliphatic carbocycles. The van der Waals surface area contributed by atoms with Gasteiger partial charge in [-0.15, -0.1) is 0 Å². The molecule has 2 aromatic heterocycles. The first-order chi connectivity index (χ1) is 14.2. The maximum absolute atomic E-state index is 13.1. The van der Waals surface area contributed by atoms with E-state index in [2.05, 4.69) is 22.0 Å². The van der Waals surface area contributed by atoms with Crippen LogP contribution in [0.4, 0.5) is 0 Å². The largest absolute Gasteiger partial charge is 0.467 e. The molecule has 3 aromatic rings. The van der Waals surface area contributed by atoms with Gasteiger partial charge in [0.1, 0.15) is 18.3 Å². The number of hydrogen-bond donors (Lipinski definition) is 0. The molecule has 2 amide bonds. The number of aromatic nitrogens is 1. The molecule has 2 aliphatic rings. The molecular formula is C22H22N4O3. The summed E-state index contributed by atoms with van der Waals surface area (Å²) in [5.74, 6) is 0.691. The van der Waals surface area contributed by atoms with Crippen LogP contribution in [0.5, 0.6) is 0 Å². The third kappa shape index (κ3) is 3.38. The summed E-state index contributed by atoms with van der Waals surface area (Å²) in [6.45, 7) is 3.04. The van der Waals surface area contributed by atoms with Crippen molar-refractivity contribution >= 4 is 22.7 Å². The van der Waals surface area contributed by atoms with E-state index in [1.807, 2.05) is 24.3 Å². The van der Waals surface area contributed by atoms with Crippen LogP contribution in [0.3, 0.4) is 0 Å². The molecule has 29 heavy (non-hydrogen) atoms. The number of amides is 2. The molecule has 2 fully saturated rings. The van der Waals surface area contributed by atoms with Gasteiger partial charge in [-0.2, -0.15) is 0 Å². The summed E-state index contributed by atoms with van der Waals surface area (Å²) < 4.78 is 5.36. The zero-order valence-corrected chi connectivity index (χ0v) is 16.0. The van der Waals surface area contributed by atoms with E-state index in [0.717, 1.165) is 24.0 Å². The highest BCUT2D eigenvalue weighted by atomic mass is 16.3. The zero-order chi connectivity index (χ0) is 19.8. The highest BCUT2D eigenvalue weighted by molar-refractivity contribution is 5.95. The summed E-state index contributed by atoms with van der Waals surface area (Å²) in [6, 6.07) is 13.3. The molecule has 1 atom stereocenters. The molecule has 4 heterocycles. The smallest absolute Gasteiger partial charge is 0.247 e. The fraction of sp³-hybridized carbons (Fsp3) is 0.318. The van der Waals surface area contributed by atoms with Gasteiger partial charge >= 0.3 is 0 Å². The molecule has 2 saturated heterocycles. The lowest BCUT2D eigenvalue weighted by Crippen LogP contribution is -2.66. The van der Waals surface area contributed by atoms with E-state index in [9.17, 15) is 9.59 Å². The van der Waals surface area contributed by atoms with Crippen LogP contribution >= 0.6 is 0 Å². The number of pyridine rings is 1. The molecule has 0 radical (unpaired) electrons. The number of nitrogens with zero attached hydrogens (tertiary/aromatic N) is 4. The first-order valence-corrected chi connectivity index (χ1v) is 9.84. The van der Waals surface area contributed by atoms with Crippen molar-refractivity contribution in [2.24, 2.45) is 0 Å². The van der Waals surface area contributed by atoms with Crippen molar-refractivity contribution in [3.8, 4) is 0 Å². The van der Waals surface area contributed by atoms with E-state index in [1.54, 1.807) is 28.3 Å². The monoisotopic (exact) mass is 390 g/mol. The first-order valence-electron chi connectivity index (χ1n) is 9.84. The Bertz CT molecular complexity index is 1040. The van der Waals surface area contributed by atoms with Crippen molar-refractivity contribution in [3.05, 3.63) is 66.2 Å². The predicted octanol–water partition coefficient (Wildman–Crippen LogP) is 1.88. The number of furan rings is 1. The number of benzene rings is 1. The molecule has 0 bridgehead atoms. The van der Waals surface area contributed by atoms with Gasteiger partial charge in [0, 0.05) is 37.8 Å². The van der Waals surface area contributed by atoms with E-state index in [0.29, 0.717) is 25.4 Å². The second-order valence-electron chi connectivity index (χ2n) is 7.60. The number of carbonyl (C=O) groups is 2. The number of hydrogen-bond acceptors (Lipinski definition) is 5. The molecule has 0 spiro atoms. The number of carbonyl (C=O) groups excluding carboxylic acids is 2. The summed E-state index contributed by atoms with van der Waals surface area (Å²) in [4.78, 5) is 35.7. The van der Waals surface area contributed by atoms with E-state index >= 15 is 0 Å². The van der Waals surface area contributed by atoms with E-state index < -0.39 is 6.04 Å². The first kappa shape index (κ1) is 17.9. The van der Waals surface area contributed by atoms with Crippen molar-refractivity contribution in [2.45, 2.75) is 19.1 Å². The predicted molar refractivity (Wildman–Crippen MR) is 107 cm³/mol. The summed E-state index contributed by atoms with van der Waals surface area (Å²) in [5, 5.41) is 1.13. The van der Waals surface area contributed by atoms with Gasteiger partial charge in [0.15, 0.2) is 0 Å². The van der Waals surface area contributed by atoms with Gasteiger partial charge in [0.2, 0.25) is 11.8 Å². The highest BCUT2D eigenvalue weighted by Crippen LogP contribution is 2.23. The van der Waals surface area contributed by atoms with Crippen LogP contribution in [0, 0.1) is 0 Å². The van der Waals surface area contributed by atoms with Crippen molar-refractivity contribution in [1.82, 2.24) is 19.7 Å². The van der Waals surface area contributed by atoms with Crippen LogP contribution in [0.25, 0.3) is 10.9 Å². The van der Waals surface area contributed by atoms with Gasteiger partial charge in [-0.3, -0.25) is 19.5 Å². The van der Waals surface area contributed by atoms with Crippen LogP contribution in [0.15, 0.2) is 59.3 Å². The second-order valence-corrected chi connectivity index (χ2v) is 7.60. The SMILES string of the molecule is O=C1C2CN(Cc3cccc4ncccc34)CCN2C(=O)CN1Cc1ccco1. The Morgan fingerprint density at radius 3 is 2.83 bits per heavy atom. The minimum Gasteiger partial charge on any atom is -0.467 e. The molecule has 0 N–H and O–H groups in total. The maximum atomic E-state index is 13.1. The number of fused-ring (bicyclic) bond motifs is 2. The Hall–Kier alpha value is -3.19. The van der Waals surface area contributed by atoms with Crippen LogP contribution in [-0.2, 0) is 22.7 Å². The Labute approximate surface area is 168 Å². The summed E-state index contributed by atoms with van der Waals surface area (Å²) in [5.41, 5.74) is 2.16. The molecule has 0 saturated carbocycles. The summed E-state index contributed by atoms with van der Waals surface area (Å²) >= 11 is 0. The average molecular weight is 390 g/mol. The second kappa shape index (κ2) is 7.33. The Morgan fingerprint density at radius 2 is 1.97 bits per heavy atom. The minimum atomic E-state index is -0.437. The molecule has 148 valence electrons.